The Hall–Kier alpha value is -2.66. The first-order chi connectivity index (χ1) is 14.6. The van der Waals surface area contributed by atoms with Crippen LogP contribution in [0.15, 0.2) is 24.5 Å². The van der Waals surface area contributed by atoms with Gasteiger partial charge in [0, 0.05) is 25.0 Å². The SMILES string of the molecule is CCc1cc(NC(=O)NS(=O)(=O)N(CC2CCCN2C)c2cnn(C)c2)cc(C)c1F. The molecule has 2 amide bonds. The van der Waals surface area contributed by atoms with Crippen molar-refractivity contribution in [1.29, 1.82) is 0 Å². The summed E-state index contributed by atoms with van der Waals surface area (Å²) in [7, 11) is -0.564. The van der Waals surface area contributed by atoms with Crippen LogP contribution in [0, 0.1) is 12.7 Å². The number of nitrogens with zero attached hydrogens (tertiary/aromatic N) is 4. The molecule has 9 nitrogen and oxygen atoms in total. The lowest BCUT2D eigenvalue weighted by Gasteiger charge is -2.28. The summed E-state index contributed by atoms with van der Waals surface area (Å²) in [6.45, 7) is 4.48. The molecule has 0 radical (unpaired) electrons. The van der Waals surface area contributed by atoms with E-state index in [1.807, 2.05) is 7.05 Å². The molecule has 1 aliphatic heterocycles. The Balaban J connectivity index is 1.79. The van der Waals surface area contributed by atoms with Gasteiger partial charge in [-0.15, -0.1) is 0 Å². The fraction of sp³-hybridized carbons (Fsp3) is 0.500. The second-order valence-electron chi connectivity index (χ2n) is 7.86. The highest BCUT2D eigenvalue weighted by molar-refractivity contribution is 7.91. The van der Waals surface area contributed by atoms with E-state index in [1.54, 1.807) is 27.1 Å². The van der Waals surface area contributed by atoms with Gasteiger partial charge in [-0.25, -0.2) is 18.2 Å². The molecule has 1 atom stereocenters. The predicted molar refractivity (Wildman–Crippen MR) is 118 cm³/mol. The molecule has 2 aromatic rings. The van der Waals surface area contributed by atoms with Gasteiger partial charge < -0.3 is 10.2 Å². The number of benzene rings is 1. The van der Waals surface area contributed by atoms with Crippen LogP contribution in [-0.4, -0.2) is 55.3 Å². The van der Waals surface area contributed by atoms with Gasteiger partial charge in [0.15, 0.2) is 0 Å². The van der Waals surface area contributed by atoms with Crippen LogP contribution in [0.25, 0.3) is 0 Å². The number of amides is 2. The summed E-state index contributed by atoms with van der Waals surface area (Å²) in [6.07, 6.45) is 5.33. The molecular weight excluding hydrogens is 423 g/mol. The van der Waals surface area contributed by atoms with Crippen LogP contribution in [0.1, 0.15) is 30.9 Å². The van der Waals surface area contributed by atoms with Gasteiger partial charge in [0.1, 0.15) is 5.82 Å². The minimum Gasteiger partial charge on any atom is -0.307 e. The van der Waals surface area contributed by atoms with Crippen LogP contribution in [0.3, 0.4) is 0 Å². The standard InChI is InChI=1S/C20H29FN6O3S/c1-5-15-10-16(9-14(2)19(15)21)23-20(28)24-31(29,30)27(18-11-22-26(4)12-18)13-17-7-6-8-25(17)3/h9-12,17H,5-8,13H2,1-4H3,(H2,23,24,28). The quantitative estimate of drug-likeness (QED) is 0.672. The smallest absolute Gasteiger partial charge is 0.307 e. The molecule has 0 aliphatic carbocycles. The van der Waals surface area contributed by atoms with E-state index in [-0.39, 0.29) is 18.4 Å². The van der Waals surface area contributed by atoms with Crippen LogP contribution in [0.2, 0.25) is 0 Å². The predicted octanol–water partition coefficient (Wildman–Crippen LogP) is 2.40. The molecule has 3 rings (SSSR count). The summed E-state index contributed by atoms with van der Waals surface area (Å²) in [4.78, 5) is 14.6. The third-order valence-corrected chi connectivity index (χ3v) is 6.89. The van der Waals surface area contributed by atoms with Crippen molar-refractivity contribution in [2.24, 2.45) is 7.05 Å². The van der Waals surface area contributed by atoms with E-state index in [0.717, 1.165) is 19.4 Å². The van der Waals surface area contributed by atoms with Gasteiger partial charge in [-0.05, 0) is 63.0 Å². The third-order valence-electron chi connectivity index (χ3n) is 5.51. The Morgan fingerprint density at radius 1 is 1.35 bits per heavy atom. The molecule has 1 aromatic carbocycles. The molecule has 0 bridgehead atoms. The molecule has 1 fully saturated rings. The normalized spacial score (nSPS) is 17.0. The van der Waals surface area contributed by atoms with E-state index in [1.165, 1.54) is 27.3 Å². The van der Waals surface area contributed by atoms with Gasteiger partial charge in [0.2, 0.25) is 0 Å². The highest BCUT2D eigenvalue weighted by atomic mass is 32.2. The molecule has 31 heavy (non-hydrogen) atoms. The van der Waals surface area contributed by atoms with E-state index in [0.29, 0.717) is 28.9 Å². The molecule has 1 saturated heterocycles. The minimum atomic E-state index is -4.21. The molecule has 1 unspecified atom stereocenters. The summed E-state index contributed by atoms with van der Waals surface area (Å²) in [5, 5.41) is 6.56. The molecule has 170 valence electrons. The third kappa shape index (κ3) is 5.34. The van der Waals surface area contributed by atoms with Crippen LogP contribution in [0.5, 0.6) is 0 Å². The lowest BCUT2D eigenvalue weighted by atomic mass is 10.1. The van der Waals surface area contributed by atoms with E-state index in [2.05, 4.69) is 20.0 Å². The van der Waals surface area contributed by atoms with Gasteiger partial charge in [-0.3, -0.25) is 4.68 Å². The van der Waals surface area contributed by atoms with E-state index < -0.39 is 16.2 Å². The highest BCUT2D eigenvalue weighted by Crippen LogP contribution is 2.23. The van der Waals surface area contributed by atoms with Crippen molar-refractivity contribution in [2.75, 3.05) is 29.8 Å². The summed E-state index contributed by atoms with van der Waals surface area (Å²) >= 11 is 0. The first-order valence-electron chi connectivity index (χ1n) is 10.2. The van der Waals surface area contributed by atoms with Crippen molar-refractivity contribution in [3.63, 3.8) is 0 Å². The number of anilines is 2. The Labute approximate surface area is 182 Å². The van der Waals surface area contributed by atoms with Crippen LogP contribution < -0.4 is 14.3 Å². The van der Waals surface area contributed by atoms with Gasteiger partial charge in [0.25, 0.3) is 0 Å². The summed E-state index contributed by atoms with van der Waals surface area (Å²) < 4.78 is 45.0. The summed E-state index contributed by atoms with van der Waals surface area (Å²) in [6, 6.07) is 2.09. The second-order valence-corrected chi connectivity index (χ2v) is 9.46. The van der Waals surface area contributed by atoms with Crippen molar-refractivity contribution in [2.45, 2.75) is 39.2 Å². The lowest BCUT2D eigenvalue weighted by Crippen LogP contribution is -2.49. The number of halogens is 1. The van der Waals surface area contributed by atoms with Gasteiger partial charge in [0.05, 0.1) is 18.4 Å². The molecule has 2 heterocycles. The molecule has 11 heteroatoms. The number of likely N-dealkylation sites (tertiary alicyclic amines) is 1. The maximum atomic E-state index is 14.1. The monoisotopic (exact) mass is 452 g/mol. The Bertz CT molecular complexity index is 1060. The number of rotatable bonds is 7. The van der Waals surface area contributed by atoms with Crippen molar-refractivity contribution in [1.82, 2.24) is 19.4 Å². The number of urea groups is 1. The van der Waals surface area contributed by atoms with E-state index >= 15 is 0 Å². The zero-order chi connectivity index (χ0) is 22.8. The van der Waals surface area contributed by atoms with Gasteiger partial charge >= 0.3 is 16.2 Å². The number of carbonyl (C=O) groups excluding carboxylic acids is 1. The largest absolute Gasteiger partial charge is 0.334 e. The first-order valence-corrected chi connectivity index (χ1v) is 11.6. The van der Waals surface area contributed by atoms with Crippen LogP contribution in [0.4, 0.5) is 20.6 Å². The zero-order valence-corrected chi connectivity index (χ0v) is 19.0. The number of nitrogens with one attached hydrogen (secondary N) is 2. The molecule has 0 spiro atoms. The maximum absolute atomic E-state index is 14.1. The summed E-state index contributed by atoms with van der Waals surface area (Å²) in [5.41, 5.74) is 1.51. The fourth-order valence-electron chi connectivity index (χ4n) is 3.78. The molecule has 0 saturated carbocycles. The van der Waals surface area contributed by atoms with Crippen molar-refractivity contribution >= 4 is 27.6 Å². The number of aromatic nitrogens is 2. The van der Waals surface area contributed by atoms with Gasteiger partial charge in [-0.1, -0.05) is 6.92 Å². The van der Waals surface area contributed by atoms with Crippen molar-refractivity contribution in [3.05, 3.63) is 41.5 Å². The van der Waals surface area contributed by atoms with Crippen molar-refractivity contribution in [3.8, 4) is 0 Å². The molecular formula is C20H29FN6O3S. The van der Waals surface area contributed by atoms with E-state index in [9.17, 15) is 17.6 Å². The van der Waals surface area contributed by atoms with E-state index in [4.69, 9.17) is 0 Å². The van der Waals surface area contributed by atoms with Gasteiger partial charge in [-0.2, -0.15) is 13.5 Å². The Morgan fingerprint density at radius 3 is 2.68 bits per heavy atom. The minimum absolute atomic E-state index is 0.0340. The van der Waals surface area contributed by atoms with Crippen molar-refractivity contribution < 1.29 is 17.6 Å². The van der Waals surface area contributed by atoms with Crippen LogP contribution >= 0.6 is 0 Å². The zero-order valence-electron chi connectivity index (χ0n) is 18.2. The summed E-state index contributed by atoms with van der Waals surface area (Å²) in [5.74, 6) is -0.329. The fourth-order valence-corrected chi connectivity index (χ4v) is 4.92. The molecule has 1 aromatic heterocycles. The highest BCUT2D eigenvalue weighted by Gasteiger charge is 2.31. The average molecular weight is 453 g/mol. The first kappa shape index (κ1) is 23.0. The lowest BCUT2D eigenvalue weighted by molar-refractivity contribution is 0.256. The number of carbonyl (C=O) groups is 1. The number of aryl methyl sites for hydroxylation is 3. The molecule has 2 N–H and O–H groups in total. The number of likely N-dealkylation sites (N-methyl/N-ethyl adjacent to an activating group) is 1. The number of hydrogen-bond acceptors (Lipinski definition) is 5. The Morgan fingerprint density at radius 2 is 2.10 bits per heavy atom. The number of hydrogen-bond donors (Lipinski definition) is 2. The second kappa shape index (κ2) is 9.23. The molecule has 1 aliphatic rings. The topological polar surface area (TPSA) is 99.6 Å². The average Bonchev–Trinajstić information content (AvgIpc) is 3.29. The maximum Gasteiger partial charge on any atom is 0.334 e. The van der Waals surface area contributed by atoms with Crippen LogP contribution in [-0.2, 0) is 23.7 Å². The Kier molecular flexibility index (Phi) is 6.85.